The van der Waals surface area contributed by atoms with Gasteiger partial charge >= 0.3 is 29.6 Å². The Morgan fingerprint density at radius 1 is 0.826 bits per heavy atom. The van der Waals surface area contributed by atoms with Gasteiger partial charge in [-0.2, -0.15) is 0 Å². The summed E-state index contributed by atoms with van der Waals surface area (Å²) in [7, 11) is -4.30. The SMILES string of the molecule is CCCCCCCCCC(CC(O)CCCCC)S(=O)(=O)[O-].[Na+]. The standard InChI is InChI=1S/C17H36O4S.Na/c1-3-5-7-8-9-10-12-14-17(22(19,20)21)15-16(18)13-11-6-4-2;/h16-18H,3-15H2,1-2H3,(H,19,20,21);/q;+1/p-1. The summed E-state index contributed by atoms with van der Waals surface area (Å²) >= 11 is 0. The van der Waals surface area contributed by atoms with Crippen molar-refractivity contribution in [2.75, 3.05) is 0 Å². The molecule has 0 fully saturated rings. The molecule has 0 radical (unpaired) electrons. The van der Waals surface area contributed by atoms with Crippen molar-refractivity contribution in [1.82, 2.24) is 0 Å². The van der Waals surface area contributed by atoms with Gasteiger partial charge in [0.25, 0.3) is 0 Å². The molecule has 4 nitrogen and oxygen atoms in total. The second-order valence-corrected chi connectivity index (χ2v) is 8.06. The van der Waals surface area contributed by atoms with Crippen molar-refractivity contribution in [3.05, 3.63) is 0 Å². The van der Waals surface area contributed by atoms with Crippen molar-refractivity contribution in [1.29, 1.82) is 0 Å². The summed E-state index contributed by atoms with van der Waals surface area (Å²) < 4.78 is 34.0. The maximum absolute atomic E-state index is 11.3. The van der Waals surface area contributed by atoms with Crippen LogP contribution < -0.4 is 29.6 Å². The number of aliphatic hydroxyl groups is 1. The molecule has 0 spiro atoms. The first-order chi connectivity index (χ1) is 10.4. The third-order valence-electron chi connectivity index (χ3n) is 4.21. The molecule has 0 aromatic heterocycles. The molecule has 0 aromatic carbocycles. The van der Waals surface area contributed by atoms with Crippen molar-refractivity contribution >= 4 is 10.1 Å². The van der Waals surface area contributed by atoms with Crippen LogP contribution in [0, 0.1) is 0 Å². The minimum atomic E-state index is -4.30. The van der Waals surface area contributed by atoms with Crippen LogP contribution in [-0.4, -0.2) is 29.4 Å². The van der Waals surface area contributed by atoms with E-state index in [0.717, 1.165) is 38.5 Å². The fraction of sp³-hybridized carbons (Fsp3) is 1.00. The normalized spacial score (nSPS) is 14.3. The summed E-state index contributed by atoms with van der Waals surface area (Å²) in [6.45, 7) is 4.26. The molecule has 0 aliphatic carbocycles. The van der Waals surface area contributed by atoms with Gasteiger partial charge in [-0.15, -0.1) is 0 Å². The van der Waals surface area contributed by atoms with E-state index in [0.29, 0.717) is 12.8 Å². The van der Waals surface area contributed by atoms with Gasteiger partial charge in [-0.25, -0.2) is 8.42 Å². The van der Waals surface area contributed by atoms with Crippen LogP contribution in [0.2, 0.25) is 0 Å². The largest absolute Gasteiger partial charge is 1.00 e. The van der Waals surface area contributed by atoms with Crippen LogP contribution in [0.25, 0.3) is 0 Å². The zero-order valence-electron chi connectivity index (χ0n) is 15.4. The van der Waals surface area contributed by atoms with Gasteiger partial charge in [0, 0.05) is 0 Å². The van der Waals surface area contributed by atoms with Gasteiger partial charge in [-0.1, -0.05) is 78.1 Å². The zero-order valence-corrected chi connectivity index (χ0v) is 18.2. The molecule has 0 heterocycles. The average molecular weight is 359 g/mol. The molecule has 6 heteroatoms. The minimum absolute atomic E-state index is 0. The molecule has 1 N–H and O–H groups in total. The molecular weight excluding hydrogens is 323 g/mol. The molecule has 2 atom stereocenters. The third-order valence-corrected chi connectivity index (χ3v) is 5.46. The topological polar surface area (TPSA) is 77.4 Å². The van der Waals surface area contributed by atoms with Crippen molar-refractivity contribution in [3.8, 4) is 0 Å². The van der Waals surface area contributed by atoms with Crippen molar-refractivity contribution in [3.63, 3.8) is 0 Å². The fourth-order valence-corrected chi connectivity index (χ4v) is 3.67. The summed E-state index contributed by atoms with van der Waals surface area (Å²) in [4.78, 5) is 0. The molecule has 0 aliphatic rings. The Kier molecular flexibility index (Phi) is 18.5. The second kappa shape index (κ2) is 16.3. The Balaban J connectivity index is 0. The molecule has 0 saturated carbocycles. The van der Waals surface area contributed by atoms with Gasteiger partial charge in [-0.05, 0) is 19.3 Å². The van der Waals surface area contributed by atoms with E-state index >= 15 is 0 Å². The van der Waals surface area contributed by atoms with Crippen LogP contribution in [-0.2, 0) is 10.1 Å². The van der Waals surface area contributed by atoms with E-state index in [1.54, 1.807) is 0 Å². The van der Waals surface area contributed by atoms with Crippen LogP contribution in [0.5, 0.6) is 0 Å². The van der Waals surface area contributed by atoms with Crippen LogP contribution in [0.3, 0.4) is 0 Å². The van der Waals surface area contributed by atoms with Crippen LogP contribution in [0.1, 0.15) is 97.3 Å². The summed E-state index contributed by atoms with van der Waals surface area (Å²) in [5.74, 6) is 0. The number of aliphatic hydroxyl groups excluding tert-OH is 1. The summed E-state index contributed by atoms with van der Waals surface area (Å²) in [6, 6.07) is 0. The Labute approximate surface area is 165 Å². The molecule has 0 bridgehead atoms. The minimum Gasteiger partial charge on any atom is -0.748 e. The fourth-order valence-electron chi connectivity index (χ4n) is 2.76. The summed E-state index contributed by atoms with van der Waals surface area (Å²) in [5, 5.41) is 8.99. The molecule has 0 aliphatic heterocycles. The predicted molar refractivity (Wildman–Crippen MR) is 90.9 cm³/mol. The van der Waals surface area contributed by atoms with Crippen molar-refractivity contribution < 1.29 is 47.6 Å². The first-order valence-electron chi connectivity index (χ1n) is 9.04. The molecule has 23 heavy (non-hydrogen) atoms. The smallest absolute Gasteiger partial charge is 0.748 e. The number of unbranched alkanes of at least 4 members (excludes halogenated alkanes) is 8. The maximum Gasteiger partial charge on any atom is 1.00 e. The molecule has 0 saturated heterocycles. The van der Waals surface area contributed by atoms with E-state index in [9.17, 15) is 18.1 Å². The Morgan fingerprint density at radius 2 is 1.26 bits per heavy atom. The predicted octanol–water partition coefficient (Wildman–Crippen LogP) is 1.38. The second-order valence-electron chi connectivity index (χ2n) is 6.41. The monoisotopic (exact) mass is 358 g/mol. The zero-order chi connectivity index (χ0) is 16.8. The van der Waals surface area contributed by atoms with E-state index in [1.165, 1.54) is 25.7 Å². The van der Waals surface area contributed by atoms with Gasteiger partial charge in [0.2, 0.25) is 0 Å². The van der Waals surface area contributed by atoms with Gasteiger partial charge < -0.3 is 9.66 Å². The molecular formula is C17H35NaO4S. The Hall–Kier alpha value is 0.870. The molecule has 134 valence electrons. The van der Waals surface area contributed by atoms with E-state index < -0.39 is 21.5 Å². The quantitative estimate of drug-likeness (QED) is 0.272. The van der Waals surface area contributed by atoms with Crippen molar-refractivity contribution in [2.45, 2.75) is 109 Å². The third kappa shape index (κ3) is 16.1. The number of hydrogen-bond acceptors (Lipinski definition) is 4. The molecule has 2 unspecified atom stereocenters. The average Bonchev–Trinajstić information content (AvgIpc) is 2.44. The first-order valence-corrected chi connectivity index (χ1v) is 10.5. The summed E-state index contributed by atoms with van der Waals surface area (Å²) in [6.07, 6.45) is 11.1. The van der Waals surface area contributed by atoms with Gasteiger partial charge in [0.15, 0.2) is 0 Å². The van der Waals surface area contributed by atoms with E-state index in [-0.39, 0.29) is 36.0 Å². The van der Waals surface area contributed by atoms with E-state index in [4.69, 9.17) is 0 Å². The molecule has 0 aromatic rings. The van der Waals surface area contributed by atoms with Gasteiger partial charge in [0.05, 0.1) is 21.5 Å². The van der Waals surface area contributed by atoms with E-state index in [2.05, 4.69) is 13.8 Å². The van der Waals surface area contributed by atoms with Crippen LogP contribution >= 0.6 is 0 Å². The van der Waals surface area contributed by atoms with Gasteiger partial charge in [0.1, 0.15) is 0 Å². The summed E-state index contributed by atoms with van der Waals surface area (Å²) in [5.41, 5.74) is 0. The Morgan fingerprint density at radius 3 is 1.78 bits per heavy atom. The van der Waals surface area contributed by atoms with Gasteiger partial charge in [-0.3, -0.25) is 0 Å². The number of rotatable bonds is 15. The van der Waals surface area contributed by atoms with E-state index in [1.807, 2.05) is 0 Å². The first kappa shape index (κ1) is 26.1. The van der Waals surface area contributed by atoms with Crippen LogP contribution in [0.4, 0.5) is 0 Å². The maximum atomic E-state index is 11.3. The molecule has 0 rings (SSSR count). The number of hydrogen-bond donors (Lipinski definition) is 1. The van der Waals surface area contributed by atoms with Crippen LogP contribution in [0.15, 0.2) is 0 Å². The van der Waals surface area contributed by atoms with Crippen molar-refractivity contribution in [2.24, 2.45) is 0 Å². The molecule has 0 amide bonds. The Bertz CT molecular complexity index is 347.